The van der Waals surface area contributed by atoms with Crippen molar-refractivity contribution in [2.45, 2.75) is 6.92 Å². The normalized spacial score (nSPS) is 17.1. The van der Waals surface area contributed by atoms with E-state index in [4.69, 9.17) is 10.3 Å². The third-order valence-electron chi connectivity index (χ3n) is 3.21. The van der Waals surface area contributed by atoms with Crippen LogP contribution in [0.1, 0.15) is 5.69 Å². The first-order valence-electron chi connectivity index (χ1n) is 6.14. The number of aryl methyl sites for hydroxylation is 1. The van der Waals surface area contributed by atoms with Crippen LogP contribution in [0.2, 0.25) is 0 Å². The lowest BCUT2D eigenvalue weighted by Gasteiger charge is -2.31. The first kappa shape index (κ1) is 12.4. The molecule has 0 aromatic carbocycles. The Morgan fingerprint density at radius 3 is 2.58 bits per heavy atom. The summed E-state index contributed by atoms with van der Waals surface area (Å²) >= 11 is 1.37. The standard InChI is InChI=1S/C11H16N6OS/c1-7-8(19-10(12)13-7)9-14-11(15-18-9)17-5-3-16(2)4-6-17/h3-6H2,1-2H3,(H2,12,13). The van der Waals surface area contributed by atoms with Gasteiger partial charge in [0.05, 0.1) is 5.69 Å². The minimum absolute atomic E-state index is 0.501. The second kappa shape index (κ2) is 4.78. The predicted molar refractivity (Wildman–Crippen MR) is 74.3 cm³/mol. The van der Waals surface area contributed by atoms with Crippen molar-refractivity contribution in [1.29, 1.82) is 0 Å². The van der Waals surface area contributed by atoms with Crippen LogP contribution in [-0.4, -0.2) is 53.3 Å². The number of likely N-dealkylation sites (N-methyl/N-ethyl adjacent to an activating group) is 1. The Bertz CT molecular complexity index is 572. The summed E-state index contributed by atoms with van der Waals surface area (Å²) in [6.45, 7) is 5.74. The second-order valence-electron chi connectivity index (χ2n) is 4.66. The fraction of sp³-hybridized carbons (Fsp3) is 0.545. The molecular formula is C11H16N6OS. The molecule has 0 unspecified atom stereocenters. The summed E-state index contributed by atoms with van der Waals surface area (Å²) in [7, 11) is 2.11. The number of hydrogen-bond acceptors (Lipinski definition) is 8. The summed E-state index contributed by atoms with van der Waals surface area (Å²) in [6, 6.07) is 0. The van der Waals surface area contributed by atoms with Gasteiger partial charge in [-0.25, -0.2) is 4.98 Å². The number of hydrogen-bond donors (Lipinski definition) is 1. The van der Waals surface area contributed by atoms with E-state index in [2.05, 4.69) is 32.0 Å². The summed E-state index contributed by atoms with van der Waals surface area (Å²) < 4.78 is 5.32. The molecule has 8 heteroatoms. The van der Waals surface area contributed by atoms with Crippen molar-refractivity contribution in [2.24, 2.45) is 0 Å². The zero-order valence-electron chi connectivity index (χ0n) is 11.0. The maximum Gasteiger partial charge on any atom is 0.271 e. The smallest absolute Gasteiger partial charge is 0.271 e. The lowest BCUT2D eigenvalue weighted by Crippen LogP contribution is -2.44. The van der Waals surface area contributed by atoms with E-state index >= 15 is 0 Å². The van der Waals surface area contributed by atoms with Crippen LogP contribution in [0, 0.1) is 6.92 Å². The van der Waals surface area contributed by atoms with Crippen LogP contribution in [0.15, 0.2) is 4.52 Å². The molecule has 0 atom stereocenters. The number of nitrogens with zero attached hydrogens (tertiary/aromatic N) is 5. The van der Waals surface area contributed by atoms with Crippen molar-refractivity contribution in [3.05, 3.63) is 5.69 Å². The maximum absolute atomic E-state index is 5.68. The van der Waals surface area contributed by atoms with Crippen LogP contribution in [0.5, 0.6) is 0 Å². The molecule has 102 valence electrons. The highest BCUT2D eigenvalue weighted by molar-refractivity contribution is 7.18. The molecule has 0 amide bonds. The third-order valence-corrected chi connectivity index (χ3v) is 4.18. The van der Waals surface area contributed by atoms with E-state index in [9.17, 15) is 0 Å². The topological polar surface area (TPSA) is 84.3 Å². The van der Waals surface area contributed by atoms with Gasteiger partial charge in [-0.2, -0.15) is 4.98 Å². The highest BCUT2D eigenvalue weighted by atomic mass is 32.1. The van der Waals surface area contributed by atoms with E-state index < -0.39 is 0 Å². The average Bonchev–Trinajstić information content (AvgIpc) is 2.97. The van der Waals surface area contributed by atoms with Crippen molar-refractivity contribution < 1.29 is 4.52 Å². The van der Waals surface area contributed by atoms with E-state index in [1.165, 1.54) is 11.3 Å². The van der Waals surface area contributed by atoms with Gasteiger partial charge in [0.15, 0.2) is 5.13 Å². The monoisotopic (exact) mass is 280 g/mol. The van der Waals surface area contributed by atoms with Gasteiger partial charge in [-0.15, -0.1) is 0 Å². The van der Waals surface area contributed by atoms with Crippen LogP contribution in [0.25, 0.3) is 10.8 Å². The van der Waals surface area contributed by atoms with Crippen LogP contribution >= 0.6 is 11.3 Å². The molecule has 1 saturated heterocycles. The number of nitrogen functional groups attached to an aromatic ring is 1. The fourth-order valence-corrected chi connectivity index (χ4v) is 2.81. The lowest BCUT2D eigenvalue weighted by atomic mass is 10.3. The van der Waals surface area contributed by atoms with E-state index in [-0.39, 0.29) is 0 Å². The lowest BCUT2D eigenvalue weighted by molar-refractivity contribution is 0.309. The number of rotatable bonds is 2. The van der Waals surface area contributed by atoms with Crippen molar-refractivity contribution >= 4 is 22.4 Å². The molecule has 0 radical (unpaired) electrons. The molecule has 1 aliphatic rings. The molecule has 0 saturated carbocycles. The molecule has 0 spiro atoms. The number of piperazine rings is 1. The summed E-state index contributed by atoms with van der Waals surface area (Å²) in [5.41, 5.74) is 6.51. The van der Waals surface area contributed by atoms with Crippen LogP contribution < -0.4 is 10.6 Å². The average molecular weight is 280 g/mol. The Hall–Kier alpha value is -1.67. The summed E-state index contributed by atoms with van der Waals surface area (Å²) in [5.74, 6) is 1.15. The highest BCUT2D eigenvalue weighted by Gasteiger charge is 2.21. The molecule has 19 heavy (non-hydrogen) atoms. The zero-order valence-corrected chi connectivity index (χ0v) is 11.8. The third kappa shape index (κ3) is 2.41. The van der Waals surface area contributed by atoms with Gasteiger partial charge < -0.3 is 20.1 Å². The van der Waals surface area contributed by atoms with E-state index in [0.717, 1.165) is 36.8 Å². The number of nitrogens with two attached hydrogens (primary N) is 1. The van der Waals surface area contributed by atoms with Gasteiger partial charge in [-0.3, -0.25) is 0 Å². The molecule has 3 rings (SSSR count). The van der Waals surface area contributed by atoms with Gasteiger partial charge in [0.1, 0.15) is 4.88 Å². The Morgan fingerprint density at radius 2 is 1.95 bits per heavy atom. The molecule has 2 aromatic heterocycles. The zero-order chi connectivity index (χ0) is 13.4. The molecule has 0 aliphatic carbocycles. The number of anilines is 2. The van der Waals surface area contributed by atoms with Crippen molar-refractivity contribution in [3.8, 4) is 10.8 Å². The molecule has 3 heterocycles. The van der Waals surface area contributed by atoms with Gasteiger partial charge in [0, 0.05) is 26.2 Å². The van der Waals surface area contributed by atoms with Gasteiger partial charge >= 0.3 is 0 Å². The summed E-state index contributed by atoms with van der Waals surface area (Å²) in [6.07, 6.45) is 0. The van der Waals surface area contributed by atoms with Crippen LogP contribution in [0.4, 0.5) is 11.1 Å². The molecule has 7 nitrogen and oxygen atoms in total. The molecule has 2 N–H and O–H groups in total. The van der Waals surface area contributed by atoms with Crippen molar-refractivity contribution in [3.63, 3.8) is 0 Å². The van der Waals surface area contributed by atoms with Crippen LogP contribution in [-0.2, 0) is 0 Å². The summed E-state index contributed by atoms with van der Waals surface area (Å²) in [4.78, 5) is 13.9. The largest absolute Gasteiger partial charge is 0.375 e. The minimum atomic E-state index is 0.501. The van der Waals surface area contributed by atoms with Gasteiger partial charge in [0.2, 0.25) is 0 Å². The molecule has 1 fully saturated rings. The Labute approximate surface area is 115 Å². The quantitative estimate of drug-likeness (QED) is 0.872. The first-order valence-corrected chi connectivity index (χ1v) is 6.95. The molecular weight excluding hydrogens is 264 g/mol. The van der Waals surface area contributed by atoms with Gasteiger partial charge in [-0.1, -0.05) is 11.3 Å². The SMILES string of the molecule is Cc1nc(N)sc1-c1nc(N2CCN(C)CC2)no1. The van der Waals surface area contributed by atoms with Gasteiger partial charge in [-0.05, 0) is 19.1 Å². The molecule has 1 aliphatic heterocycles. The number of thiazole rings is 1. The minimum Gasteiger partial charge on any atom is -0.375 e. The fourth-order valence-electron chi connectivity index (χ4n) is 2.06. The number of aromatic nitrogens is 3. The Balaban J connectivity index is 1.81. The second-order valence-corrected chi connectivity index (χ2v) is 5.69. The predicted octanol–water partition coefficient (Wildman–Crippen LogP) is 0.836. The van der Waals surface area contributed by atoms with Gasteiger partial charge in [0.25, 0.3) is 11.8 Å². The van der Waals surface area contributed by atoms with Crippen LogP contribution in [0.3, 0.4) is 0 Å². The summed E-state index contributed by atoms with van der Waals surface area (Å²) in [5, 5.41) is 4.57. The molecule has 2 aromatic rings. The molecule has 0 bridgehead atoms. The highest BCUT2D eigenvalue weighted by Crippen LogP contribution is 2.31. The van der Waals surface area contributed by atoms with Crippen molar-refractivity contribution in [2.75, 3.05) is 43.9 Å². The Morgan fingerprint density at radius 1 is 1.21 bits per heavy atom. The van der Waals surface area contributed by atoms with E-state index in [0.29, 0.717) is 17.0 Å². The van der Waals surface area contributed by atoms with E-state index in [1.54, 1.807) is 0 Å². The Kier molecular flexibility index (Phi) is 3.11. The maximum atomic E-state index is 5.68. The van der Waals surface area contributed by atoms with Crippen molar-refractivity contribution in [1.82, 2.24) is 20.0 Å². The van der Waals surface area contributed by atoms with E-state index in [1.807, 2.05) is 6.92 Å². The first-order chi connectivity index (χ1) is 9.13.